The van der Waals surface area contributed by atoms with Crippen molar-refractivity contribution < 1.29 is 4.74 Å². The third-order valence-corrected chi connectivity index (χ3v) is 23.9. The molecule has 0 bridgehead atoms. The minimum absolute atomic E-state index is 0.00730. The van der Waals surface area contributed by atoms with Crippen LogP contribution >= 0.6 is 0 Å². The molecule has 50 heavy (non-hydrogen) atoms. The molecular formula is C47H85NOSi. The van der Waals surface area contributed by atoms with Crippen LogP contribution in [-0.2, 0) is 4.74 Å². The molecule has 6 saturated carbocycles. The van der Waals surface area contributed by atoms with Crippen molar-refractivity contribution in [3.8, 4) is 0 Å². The average Bonchev–Trinajstić information content (AvgIpc) is 3.71. The second-order valence-corrected chi connectivity index (χ2v) is 26.5. The molecule has 7 rings (SSSR count). The zero-order chi connectivity index (χ0) is 35.0. The third kappa shape index (κ3) is 7.66. The number of ether oxygens (including phenoxy) is 1. The van der Waals surface area contributed by atoms with E-state index in [1.54, 1.807) is 83.1 Å². The van der Waals surface area contributed by atoms with Gasteiger partial charge in [0.25, 0.3) is 0 Å². The van der Waals surface area contributed by atoms with Gasteiger partial charge >= 0.3 is 0 Å². The van der Waals surface area contributed by atoms with Gasteiger partial charge in [-0.2, -0.15) is 0 Å². The van der Waals surface area contributed by atoms with Crippen LogP contribution < -0.4 is 0 Å². The Hall–Kier alpha value is 0.137. The first-order valence-electron chi connectivity index (χ1n) is 23.5. The molecule has 1 aliphatic heterocycles. The fourth-order valence-electron chi connectivity index (χ4n) is 16.2. The molecule has 7 aliphatic rings. The molecule has 0 amide bonds. The first-order chi connectivity index (χ1) is 24.1. The summed E-state index contributed by atoms with van der Waals surface area (Å²) in [4.78, 5) is 3.10. The molecule has 0 radical (unpaired) electrons. The van der Waals surface area contributed by atoms with Gasteiger partial charge < -0.3 is 4.74 Å². The highest BCUT2D eigenvalue weighted by molar-refractivity contribution is 6.81. The van der Waals surface area contributed by atoms with Crippen molar-refractivity contribution in [3.63, 3.8) is 0 Å². The van der Waals surface area contributed by atoms with E-state index in [9.17, 15) is 0 Å². The smallest absolute Gasteiger partial charge is 0.0598 e. The lowest BCUT2D eigenvalue weighted by Gasteiger charge is -2.52. The van der Waals surface area contributed by atoms with E-state index in [4.69, 9.17) is 4.74 Å². The Balaban J connectivity index is 1.21. The highest BCUT2D eigenvalue weighted by Gasteiger charge is 2.69. The Bertz CT molecular complexity index is 1070. The molecule has 3 heteroatoms. The first kappa shape index (κ1) is 38.4. The SMILES string of the molecule is CCCCCCC1CCC2C3CCCCC3C([Si](C)(CCCCCCOC(C)(C)C)C3C4CCCCC4C4C3C3CC(C)CCC3N4C)C2C1. The standard InChI is InChI=1S/C47H85NOSi/c1-8-9-10-13-20-34-26-27-36-35-21-14-16-23-38(35)45(40(36)32-34)50(7,30-19-12-11-18-29-49-47(3,4)5)46-39-24-17-15-22-37(39)44-43(46)41-31-33(2)25-28-42(41)48(44)6/h33-46H,8-32H2,1-7H3. The maximum Gasteiger partial charge on any atom is 0.0598 e. The second kappa shape index (κ2) is 16.5. The Kier molecular flexibility index (Phi) is 12.7. The van der Waals surface area contributed by atoms with Crippen LogP contribution in [0.2, 0.25) is 23.7 Å². The lowest BCUT2D eigenvalue weighted by Crippen LogP contribution is -2.51. The highest BCUT2D eigenvalue weighted by Crippen LogP contribution is 2.72. The number of rotatable bonds is 14. The van der Waals surface area contributed by atoms with Crippen molar-refractivity contribution in [3.05, 3.63) is 0 Å². The van der Waals surface area contributed by atoms with Gasteiger partial charge in [-0.15, -0.1) is 0 Å². The highest BCUT2D eigenvalue weighted by atomic mass is 28.3. The number of nitrogens with zero attached hydrogens (tertiary/aromatic N) is 1. The van der Waals surface area contributed by atoms with E-state index in [0.717, 1.165) is 89.0 Å². The number of hydrogen-bond donors (Lipinski definition) is 0. The second-order valence-electron chi connectivity index (χ2n) is 21.6. The molecule has 1 saturated heterocycles. The quantitative estimate of drug-likeness (QED) is 0.132. The molecule has 6 aliphatic carbocycles. The van der Waals surface area contributed by atoms with Crippen LogP contribution in [0, 0.1) is 59.2 Å². The van der Waals surface area contributed by atoms with E-state index >= 15 is 0 Å². The molecule has 288 valence electrons. The topological polar surface area (TPSA) is 12.5 Å². The normalized spacial score (nSPS) is 44.2. The summed E-state index contributed by atoms with van der Waals surface area (Å²) in [7, 11) is 0.999. The van der Waals surface area contributed by atoms with Crippen LogP contribution in [0.25, 0.3) is 0 Å². The van der Waals surface area contributed by atoms with Gasteiger partial charge in [-0.1, -0.05) is 123 Å². The summed E-state index contributed by atoms with van der Waals surface area (Å²) >= 11 is 0. The Labute approximate surface area is 313 Å². The predicted octanol–water partition coefficient (Wildman–Crippen LogP) is 13.6. The van der Waals surface area contributed by atoms with Crippen LogP contribution in [0.4, 0.5) is 0 Å². The number of fused-ring (bicyclic) bond motifs is 8. The molecule has 2 nitrogen and oxygen atoms in total. The van der Waals surface area contributed by atoms with Gasteiger partial charge in [-0.25, -0.2) is 0 Å². The molecule has 0 aromatic carbocycles. The van der Waals surface area contributed by atoms with Gasteiger partial charge in [0.1, 0.15) is 0 Å². The fraction of sp³-hybridized carbons (Fsp3) is 1.00. The van der Waals surface area contributed by atoms with Crippen molar-refractivity contribution in [2.24, 2.45) is 59.2 Å². The van der Waals surface area contributed by atoms with Gasteiger partial charge in [0.2, 0.25) is 0 Å². The van der Waals surface area contributed by atoms with E-state index in [-0.39, 0.29) is 5.60 Å². The van der Waals surface area contributed by atoms with Crippen molar-refractivity contribution in [2.75, 3.05) is 13.7 Å². The van der Waals surface area contributed by atoms with Crippen molar-refractivity contribution in [1.29, 1.82) is 0 Å². The Morgan fingerprint density at radius 3 is 2.04 bits per heavy atom. The van der Waals surface area contributed by atoms with Crippen LogP contribution in [0.15, 0.2) is 0 Å². The lowest BCUT2D eigenvalue weighted by atomic mass is 9.70. The summed E-state index contributed by atoms with van der Waals surface area (Å²) in [6.45, 7) is 15.8. The van der Waals surface area contributed by atoms with Gasteiger partial charge in [0.05, 0.1) is 13.7 Å². The molecule has 0 spiro atoms. The maximum absolute atomic E-state index is 6.19. The van der Waals surface area contributed by atoms with Crippen molar-refractivity contribution in [2.45, 2.75) is 224 Å². The summed E-state index contributed by atoms with van der Waals surface area (Å²) in [5.74, 6) is 10.6. The molecule has 0 N–H and O–H groups in total. The average molecular weight is 708 g/mol. The zero-order valence-corrected chi connectivity index (χ0v) is 35.6. The van der Waals surface area contributed by atoms with Crippen LogP contribution in [0.1, 0.15) is 182 Å². The zero-order valence-electron chi connectivity index (χ0n) is 34.6. The van der Waals surface area contributed by atoms with E-state index in [1.165, 1.54) is 70.6 Å². The predicted molar refractivity (Wildman–Crippen MR) is 217 cm³/mol. The first-order valence-corrected chi connectivity index (χ1v) is 26.3. The number of likely N-dealkylation sites (tertiary alicyclic amines) is 1. The minimum atomic E-state index is -1.65. The third-order valence-electron chi connectivity index (χ3n) is 17.7. The van der Waals surface area contributed by atoms with Crippen LogP contribution in [0.3, 0.4) is 0 Å². The summed E-state index contributed by atoms with van der Waals surface area (Å²) < 4.78 is 6.19. The largest absolute Gasteiger partial charge is 0.376 e. The number of unbranched alkanes of at least 4 members (excludes halogenated alkanes) is 6. The molecule has 0 aromatic rings. The van der Waals surface area contributed by atoms with Crippen molar-refractivity contribution >= 4 is 8.07 Å². The molecule has 1 heterocycles. The maximum atomic E-state index is 6.19. The van der Waals surface area contributed by atoms with E-state index < -0.39 is 8.07 Å². The molecule has 15 unspecified atom stereocenters. The lowest BCUT2D eigenvalue weighted by molar-refractivity contribution is -0.00471. The molecule has 15 atom stereocenters. The van der Waals surface area contributed by atoms with E-state index in [1.807, 2.05) is 0 Å². The summed E-state index contributed by atoms with van der Waals surface area (Å²) in [5.41, 5.74) is 2.28. The van der Waals surface area contributed by atoms with Gasteiger partial charge in [0.15, 0.2) is 0 Å². The fourth-order valence-corrected chi connectivity index (χ4v) is 23.7. The minimum Gasteiger partial charge on any atom is -0.376 e. The number of hydrogen-bond acceptors (Lipinski definition) is 2. The molecular weight excluding hydrogens is 623 g/mol. The summed E-state index contributed by atoms with van der Waals surface area (Å²) in [5, 5.41) is 0. The Morgan fingerprint density at radius 2 is 1.30 bits per heavy atom. The summed E-state index contributed by atoms with van der Waals surface area (Å²) in [6, 6.07) is 3.52. The van der Waals surface area contributed by atoms with Crippen LogP contribution in [-0.4, -0.2) is 44.3 Å². The van der Waals surface area contributed by atoms with E-state index in [0.29, 0.717) is 0 Å². The van der Waals surface area contributed by atoms with Crippen molar-refractivity contribution in [1.82, 2.24) is 4.90 Å². The van der Waals surface area contributed by atoms with E-state index in [2.05, 4.69) is 53.1 Å². The van der Waals surface area contributed by atoms with Gasteiger partial charge in [0, 0.05) is 18.7 Å². The van der Waals surface area contributed by atoms with Crippen LogP contribution in [0.5, 0.6) is 0 Å². The monoisotopic (exact) mass is 708 g/mol. The molecule has 7 fully saturated rings. The summed E-state index contributed by atoms with van der Waals surface area (Å²) in [6.07, 6.45) is 35.1. The Morgan fingerprint density at radius 1 is 0.640 bits per heavy atom. The van der Waals surface area contributed by atoms with Gasteiger partial charge in [-0.05, 0) is 149 Å². The molecule has 0 aromatic heterocycles. The van der Waals surface area contributed by atoms with Gasteiger partial charge in [-0.3, -0.25) is 4.90 Å².